The van der Waals surface area contributed by atoms with Gasteiger partial charge >= 0.3 is 0 Å². The lowest BCUT2D eigenvalue weighted by Crippen LogP contribution is -2.30. The van der Waals surface area contributed by atoms with E-state index >= 15 is 0 Å². The quantitative estimate of drug-likeness (QED) is 0.351. The number of hydrogen-bond acceptors (Lipinski definition) is 7. The van der Waals surface area contributed by atoms with Crippen LogP contribution in [0.2, 0.25) is 0 Å². The smallest absolute Gasteiger partial charge is 0.224 e. The number of aromatic amines is 2. The summed E-state index contributed by atoms with van der Waals surface area (Å²) < 4.78 is 0. The molecule has 0 saturated carbocycles. The molecule has 0 aliphatic carbocycles. The van der Waals surface area contributed by atoms with Crippen molar-refractivity contribution in [1.82, 2.24) is 35.1 Å². The topological polar surface area (TPSA) is 128 Å². The number of piperidine rings is 1. The van der Waals surface area contributed by atoms with Crippen molar-refractivity contribution >= 4 is 39.5 Å². The van der Waals surface area contributed by atoms with Gasteiger partial charge in [0.2, 0.25) is 5.91 Å². The Kier molecular flexibility index (Phi) is 5.32. The molecule has 35 heavy (non-hydrogen) atoms. The van der Waals surface area contributed by atoms with E-state index in [0.29, 0.717) is 23.6 Å². The van der Waals surface area contributed by atoms with Crippen molar-refractivity contribution in [3.63, 3.8) is 0 Å². The van der Waals surface area contributed by atoms with Gasteiger partial charge in [0.25, 0.3) is 0 Å². The van der Waals surface area contributed by atoms with E-state index in [0.717, 1.165) is 52.1 Å². The van der Waals surface area contributed by atoms with Crippen LogP contribution in [-0.2, 0) is 4.79 Å². The third-order valence-electron chi connectivity index (χ3n) is 6.36. The first-order valence-corrected chi connectivity index (χ1v) is 11.9. The lowest BCUT2D eigenvalue weighted by atomic mass is 10.1. The summed E-state index contributed by atoms with van der Waals surface area (Å²) in [7, 11) is 0. The number of pyridine rings is 3. The molecule has 1 aliphatic rings. The van der Waals surface area contributed by atoms with Crippen LogP contribution in [0.3, 0.4) is 0 Å². The van der Waals surface area contributed by atoms with E-state index in [1.165, 1.54) is 19.3 Å². The summed E-state index contributed by atoms with van der Waals surface area (Å²) in [5.74, 6) is 1.55. The Hall–Kier alpha value is -4.34. The van der Waals surface area contributed by atoms with Crippen LogP contribution >= 0.6 is 0 Å². The summed E-state index contributed by atoms with van der Waals surface area (Å²) in [5.41, 5.74) is 5.52. The van der Waals surface area contributed by atoms with Gasteiger partial charge in [0.1, 0.15) is 11.2 Å². The van der Waals surface area contributed by atoms with E-state index in [9.17, 15) is 4.79 Å². The zero-order valence-corrected chi connectivity index (χ0v) is 19.4. The Morgan fingerprint density at radius 1 is 1.09 bits per heavy atom. The molecule has 5 aromatic heterocycles. The van der Waals surface area contributed by atoms with Crippen molar-refractivity contribution in [3.05, 3.63) is 43.0 Å². The van der Waals surface area contributed by atoms with Gasteiger partial charge < -0.3 is 15.2 Å². The van der Waals surface area contributed by atoms with Crippen LogP contribution in [0.4, 0.5) is 11.5 Å². The summed E-state index contributed by atoms with van der Waals surface area (Å²) in [6.45, 7) is 3.81. The highest BCUT2D eigenvalue weighted by Gasteiger charge is 2.20. The second-order valence-corrected chi connectivity index (χ2v) is 8.72. The molecule has 3 N–H and O–H groups in total. The normalized spacial score (nSPS) is 14.0. The second kappa shape index (κ2) is 8.79. The Bertz CT molecular complexity index is 1530. The maximum atomic E-state index is 11.8. The number of imidazole rings is 1. The molecule has 10 nitrogen and oxygen atoms in total. The van der Waals surface area contributed by atoms with Crippen LogP contribution in [0.15, 0.2) is 43.0 Å². The Morgan fingerprint density at radius 2 is 1.94 bits per heavy atom. The summed E-state index contributed by atoms with van der Waals surface area (Å²) in [6.07, 6.45) is 11.0. The molecule has 6 rings (SSSR count). The molecular weight excluding hydrogens is 442 g/mol. The molecule has 10 heteroatoms. The fourth-order valence-electron chi connectivity index (χ4n) is 4.53. The number of anilines is 2. The van der Waals surface area contributed by atoms with E-state index in [1.54, 1.807) is 18.6 Å². The van der Waals surface area contributed by atoms with Gasteiger partial charge in [-0.15, -0.1) is 0 Å². The fourth-order valence-corrected chi connectivity index (χ4v) is 4.53. The van der Waals surface area contributed by atoms with Crippen LogP contribution < -0.4 is 10.2 Å². The number of H-pyrrole nitrogens is 2. The summed E-state index contributed by atoms with van der Waals surface area (Å²) in [5, 5.41) is 11.2. The maximum absolute atomic E-state index is 11.8. The highest BCUT2D eigenvalue weighted by Crippen LogP contribution is 2.32. The van der Waals surface area contributed by atoms with E-state index in [1.807, 2.05) is 31.3 Å². The average molecular weight is 468 g/mol. The van der Waals surface area contributed by atoms with Crippen molar-refractivity contribution in [2.24, 2.45) is 0 Å². The molecule has 0 unspecified atom stereocenters. The molecule has 0 spiro atoms. The van der Waals surface area contributed by atoms with E-state index in [2.05, 4.69) is 40.3 Å². The summed E-state index contributed by atoms with van der Waals surface area (Å²) in [4.78, 5) is 35.9. The van der Waals surface area contributed by atoms with Gasteiger partial charge in [-0.05, 0) is 37.5 Å². The zero-order chi connectivity index (χ0) is 23.8. The Morgan fingerprint density at radius 3 is 2.80 bits per heavy atom. The number of carbonyl (C=O) groups is 1. The molecule has 1 saturated heterocycles. The highest BCUT2D eigenvalue weighted by atomic mass is 16.1. The van der Waals surface area contributed by atoms with E-state index in [4.69, 9.17) is 4.98 Å². The lowest BCUT2D eigenvalue weighted by Gasteiger charge is -2.27. The van der Waals surface area contributed by atoms with Gasteiger partial charge in [0.15, 0.2) is 17.3 Å². The van der Waals surface area contributed by atoms with Crippen molar-refractivity contribution in [3.8, 4) is 22.6 Å². The Labute approximate surface area is 201 Å². The highest BCUT2D eigenvalue weighted by molar-refractivity contribution is 5.96. The third-order valence-corrected chi connectivity index (χ3v) is 6.36. The van der Waals surface area contributed by atoms with Crippen LogP contribution in [0.25, 0.3) is 44.7 Å². The van der Waals surface area contributed by atoms with Crippen LogP contribution in [0, 0.1) is 0 Å². The predicted molar refractivity (Wildman–Crippen MR) is 135 cm³/mol. The summed E-state index contributed by atoms with van der Waals surface area (Å²) in [6, 6.07) is 5.85. The van der Waals surface area contributed by atoms with Crippen molar-refractivity contribution in [2.45, 2.75) is 32.6 Å². The lowest BCUT2D eigenvalue weighted by molar-refractivity contribution is -0.115. The van der Waals surface area contributed by atoms with Gasteiger partial charge in [-0.3, -0.25) is 14.9 Å². The van der Waals surface area contributed by atoms with Gasteiger partial charge in [-0.1, -0.05) is 6.92 Å². The molecule has 0 aromatic carbocycles. The monoisotopic (exact) mass is 467 g/mol. The number of amides is 1. The molecule has 1 fully saturated rings. The van der Waals surface area contributed by atoms with Crippen LogP contribution in [-0.4, -0.2) is 54.1 Å². The van der Waals surface area contributed by atoms with Gasteiger partial charge in [0, 0.05) is 49.2 Å². The molecule has 1 aliphatic heterocycles. The molecule has 5 aromatic rings. The first kappa shape index (κ1) is 21.2. The minimum Gasteiger partial charge on any atom is -0.355 e. The summed E-state index contributed by atoms with van der Waals surface area (Å²) >= 11 is 0. The number of nitrogens with zero attached hydrogens (tertiary/aromatic N) is 6. The molecule has 0 atom stereocenters. The third kappa shape index (κ3) is 3.96. The SMILES string of the molecule is CCC(=O)Nc1cncc(-c2cnc3n[nH]c(-c4nc5c(N6CCCCC6)nccc5[nH]4)c3c2)c1. The largest absolute Gasteiger partial charge is 0.355 e. The second-order valence-electron chi connectivity index (χ2n) is 8.72. The average Bonchev–Trinajstić information content (AvgIpc) is 3.53. The number of hydrogen-bond donors (Lipinski definition) is 3. The first-order valence-electron chi connectivity index (χ1n) is 11.9. The number of carbonyl (C=O) groups excluding carboxylic acids is 1. The molecular formula is C25H25N9O. The maximum Gasteiger partial charge on any atom is 0.224 e. The number of rotatable bonds is 5. The fraction of sp³-hybridized carbons (Fsp3) is 0.280. The minimum absolute atomic E-state index is 0.0575. The standard InChI is InChI=1S/C25H25N9O/c1-2-20(35)29-17-10-15(12-26-14-17)16-11-18-21(32-33-23(18)28-13-16)24-30-19-6-7-27-25(22(19)31-24)34-8-4-3-5-9-34/h6-7,10-14H,2-5,8-9H2,1H3,(H,29,35)(H,30,31)(H,28,32,33). The van der Waals surface area contributed by atoms with Crippen molar-refractivity contribution < 1.29 is 4.79 Å². The molecule has 6 heterocycles. The van der Waals surface area contributed by atoms with Crippen LogP contribution in [0.1, 0.15) is 32.6 Å². The first-order chi connectivity index (χ1) is 17.2. The molecule has 0 radical (unpaired) electrons. The van der Waals surface area contributed by atoms with Crippen molar-refractivity contribution in [2.75, 3.05) is 23.3 Å². The minimum atomic E-state index is -0.0575. The van der Waals surface area contributed by atoms with Gasteiger partial charge in [-0.2, -0.15) is 5.10 Å². The van der Waals surface area contributed by atoms with E-state index in [-0.39, 0.29) is 5.91 Å². The van der Waals surface area contributed by atoms with Gasteiger partial charge in [-0.25, -0.2) is 15.0 Å². The molecule has 0 bridgehead atoms. The zero-order valence-electron chi connectivity index (χ0n) is 19.4. The van der Waals surface area contributed by atoms with Crippen LogP contribution in [0.5, 0.6) is 0 Å². The predicted octanol–water partition coefficient (Wildman–Crippen LogP) is 4.30. The van der Waals surface area contributed by atoms with E-state index < -0.39 is 0 Å². The number of nitrogens with one attached hydrogen (secondary N) is 3. The van der Waals surface area contributed by atoms with Gasteiger partial charge in [0.05, 0.1) is 22.8 Å². The Balaban J connectivity index is 1.39. The van der Waals surface area contributed by atoms with Crippen molar-refractivity contribution in [1.29, 1.82) is 0 Å². The number of fused-ring (bicyclic) bond motifs is 2. The molecule has 1 amide bonds. The molecule has 176 valence electrons. The number of aromatic nitrogens is 7.